The van der Waals surface area contributed by atoms with E-state index in [1.54, 1.807) is 12.1 Å². The van der Waals surface area contributed by atoms with E-state index < -0.39 is 4.92 Å². The number of nitro benzene ring substituents is 1. The number of non-ortho nitro benzene ring substituents is 1. The third-order valence-electron chi connectivity index (χ3n) is 7.75. The number of ether oxygens (including phenoxy) is 2. The average Bonchev–Trinajstić information content (AvgIpc) is 3.50. The molecular formula is C34H30BrN3O4. The van der Waals surface area contributed by atoms with Gasteiger partial charge in [-0.15, -0.1) is 0 Å². The van der Waals surface area contributed by atoms with Crippen LogP contribution in [0.15, 0.2) is 107 Å². The second-order valence-corrected chi connectivity index (χ2v) is 11.2. The fraction of sp³-hybridized carbons (Fsp3) is 0.206. The number of aliphatic imine (C=N–C) groups is 1. The fourth-order valence-electron chi connectivity index (χ4n) is 5.73. The summed E-state index contributed by atoms with van der Waals surface area (Å²) in [7, 11) is 0. The molecule has 1 heterocycles. The molecule has 0 radical (unpaired) electrons. The smallest absolute Gasteiger partial charge is 0.269 e. The van der Waals surface area contributed by atoms with Gasteiger partial charge in [0, 0.05) is 30.0 Å². The maximum absolute atomic E-state index is 10.9. The van der Waals surface area contributed by atoms with Gasteiger partial charge in [-0.3, -0.25) is 15.1 Å². The molecule has 1 aliphatic carbocycles. The largest absolute Gasteiger partial charge is 0.490 e. The summed E-state index contributed by atoms with van der Waals surface area (Å²) in [6, 6.07) is 27.5. The van der Waals surface area contributed by atoms with Crippen LogP contribution in [0, 0.1) is 16.0 Å². The number of para-hydroxylation sites is 1. The molecule has 4 aromatic carbocycles. The zero-order chi connectivity index (χ0) is 29.1. The van der Waals surface area contributed by atoms with Gasteiger partial charge in [-0.05, 0) is 99.9 Å². The van der Waals surface area contributed by atoms with E-state index in [0.717, 1.165) is 27.7 Å². The minimum Gasteiger partial charge on any atom is -0.490 e. The number of rotatable bonds is 9. The molecule has 1 aliphatic heterocycles. The van der Waals surface area contributed by atoms with E-state index in [9.17, 15) is 10.1 Å². The van der Waals surface area contributed by atoms with Crippen molar-refractivity contribution >= 4 is 39.2 Å². The Bertz CT molecular complexity index is 1650. The lowest BCUT2D eigenvalue weighted by Crippen LogP contribution is -2.28. The highest BCUT2D eigenvalue weighted by molar-refractivity contribution is 9.10. The fourth-order valence-corrected chi connectivity index (χ4v) is 6.30. The monoisotopic (exact) mass is 623 g/mol. The number of anilines is 1. The number of nitrogens with one attached hydrogen (secondary N) is 1. The van der Waals surface area contributed by atoms with Crippen molar-refractivity contribution in [1.82, 2.24) is 0 Å². The van der Waals surface area contributed by atoms with Crippen molar-refractivity contribution < 1.29 is 14.4 Å². The predicted molar refractivity (Wildman–Crippen MR) is 169 cm³/mol. The molecule has 0 unspecified atom stereocenters. The Labute approximate surface area is 253 Å². The van der Waals surface area contributed by atoms with E-state index in [1.807, 2.05) is 25.3 Å². The van der Waals surface area contributed by atoms with E-state index >= 15 is 0 Å². The Kier molecular flexibility index (Phi) is 8.06. The summed E-state index contributed by atoms with van der Waals surface area (Å²) in [5, 5.41) is 14.7. The predicted octanol–water partition coefficient (Wildman–Crippen LogP) is 8.91. The first-order chi connectivity index (χ1) is 20.5. The number of allylic oxidation sites excluding steroid dienone is 2. The summed E-state index contributed by atoms with van der Waals surface area (Å²) < 4.78 is 12.7. The first-order valence-corrected chi connectivity index (χ1v) is 14.8. The highest BCUT2D eigenvalue weighted by Gasteiger charge is 2.37. The van der Waals surface area contributed by atoms with E-state index in [2.05, 4.69) is 81.9 Å². The molecule has 0 spiro atoms. The topological polar surface area (TPSA) is 86.0 Å². The van der Waals surface area contributed by atoms with Crippen LogP contribution < -0.4 is 14.8 Å². The molecule has 0 saturated carbocycles. The number of benzene rings is 4. The molecule has 0 bridgehead atoms. The Morgan fingerprint density at radius 3 is 2.60 bits per heavy atom. The van der Waals surface area contributed by atoms with Crippen molar-refractivity contribution in [2.75, 3.05) is 11.9 Å². The highest BCUT2D eigenvalue weighted by Crippen LogP contribution is 2.49. The molecule has 1 N–H and O–H groups in total. The molecule has 2 aliphatic rings. The minimum atomic E-state index is -0.418. The summed E-state index contributed by atoms with van der Waals surface area (Å²) in [5.41, 5.74) is 6.45. The number of fused-ring (bicyclic) bond motifs is 3. The Hall–Kier alpha value is -4.43. The molecule has 8 heteroatoms. The van der Waals surface area contributed by atoms with Crippen molar-refractivity contribution in [3.63, 3.8) is 0 Å². The second kappa shape index (κ2) is 12.2. The lowest BCUT2D eigenvalue weighted by atomic mass is 9.77. The molecule has 7 nitrogen and oxygen atoms in total. The Balaban J connectivity index is 1.16. The normalized spacial score (nSPS) is 18.8. The van der Waals surface area contributed by atoms with Crippen LogP contribution >= 0.6 is 15.9 Å². The maximum atomic E-state index is 10.9. The van der Waals surface area contributed by atoms with Gasteiger partial charge < -0.3 is 14.8 Å². The van der Waals surface area contributed by atoms with Crippen molar-refractivity contribution in [2.45, 2.75) is 31.9 Å². The number of hydrogen-bond donors (Lipinski definition) is 1. The van der Waals surface area contributed by atoms with Crippen LogP contribution in [0.5, 0.6) is 11.5 Å². The number of halogens is 1. The zero-order valence-corrected chi connectivity index (χ0v) is 24.7. The van der Waals surface area contributed by atoms with Gasteiger partial charge in [0.05, 0.1) is 27.7 Å². The number of nitro groups is 1. The molecule has 212 valence electrons. The van der Waals surface area contributed by atoms with Crippen molar-refractivity contribution in [3.8, 4) is 11.5 Å². The third kappa shape index (κ3) is 5.81. The molecule has 0 aromatic heterocycles. The summed E-state index contributed by atoms with van der Waals surface area (Å²) in [5.74, 6) is 2.11. The molecule has 0 fully saturated rings. The van der Waals surface area contributed by atoms with Crippen LogP contribution in [0.2, 0.25) is 0 Å². The van der Waals surface area contributed by atoms with Gasteiger partial charge in [0.15, 0.2) is 11.5 Å². The van der Waals surface area contributed by atoms with Crippen molar-refractivity contribution in [2.24, 2.45) is 10.9 Å². The molecule has 0 amide bonds. The average molecular weight is 625 g/mol. The second-order valence-electron chi connectivity index (χ2n) is 10.4. The quantitative estimate of drug-likeness (QED) is 0.0870. The van der Waals surface area contributed by atoms with Gasteiger partial charge in [-0.25, -0.2) is 0 Å². The van der Waals surface area contributed by atoms with Gasteiger partial charge >= 0.3 is 0 Å². The molecule has 6 rings (SSSR count). The molecule has 0 saturated heterocycles. The first-order valence-electron chi connectivity index (χ1n) is 14.0. The first kappa shape index (κ1) is 27.7. The molecule has 3 atom stereocenters. The van der Waals surface area contributed by atoms with Gasteiger partial charge in [0.1, 0.15) is 6.61 Å². The maximum Gasteiger partial charge on any atom is 0.269 e. The Morgan fingerprint density at radius 2 is 1.83 bits per heavy atom. The lowest BCUT2D eigenvalue weighted by Gasteiger charge is -2.37. The van der Waals surface area contributed by atoms with Crippen LogP contribution in [-0.4, -0.2) is 17.7 Å². The molecule has 42 heavy (non-hydrogen) atoms. The van der Waals surface area contributed by atoms with Crippen LogP contribution in [0.25, 0.3) is 0 Å². The van der Waals surface area contributed by atoms with Crippen molar-refractivity contribution in [1.29, 1.82) is 0 Å². The van der Waals surface area contributed by atoms with E-state index in [-0.39, 0.29) is 18.3 Å². The molecule has 4 aromatic rings. The minimum absolute atomic E-state index is 0.0457. The summed E-state index contributed by atoms with van der Waals surface area (Å²) in [4.78, 5) is 15.2. The van der Waals surface area contributed by atoms with Gasteiger partial charge in [0.25, 0.3) is 5.69 Å². The zero-order valence-electron chi connectivity index (χ0n) is 23.1. The summed E-state index contributed by atoms with van der Waals surface area (Å²) >= 11 is 3.62. The standard InChI is InChI=1S/C34H30BrN3O4/c1-2-41-32-19-23(18-30(35)34(32)42-21-22-10-16-26(17-11-22)38(39)40)20-36-25-14-12-24(13-15-25)33-29-8-5-7-27(29)28-6-3-4-9-31(28)37-33/h3-7,9-20,27,29,33,37H,2,8,21H2,1H3/t27-,29-,33-/m0/s1. The highest BCUT2D eigenvalue weighted by atomic mass is 79.9. The van der Waals surface area contributed by atoms with Gasteiger partial charge in [-0.2, -0.15) is 0 Å². The van der Waals surface area contributed by atoms with Crippen LogP contribution in [0.4, 0.5) is 17.1 Å². The van der Waals surface area contributed by atoms with E-state index in [0.29, 0.717) is 29.9 Å². The van der Waals surface area contributed by atoms with Crippen molar-refractivity contribution in [3.05, 3.63) is 134 Å². The molecular weight excluding hydrogens is 594 g/mol. The van der Waals surface area contributed by atoms with Crippen LogP contribution in [-0.2, 0) is 6.61 Å². The SMILES string of the molecule is CCOc1cc(C=Nc2ccc([C@@H]3Nc4ccccc4[C@@H]4C=CC[C@@H]43)cc2)cc(Br)c1OCc1ccc([N+](=O)[O-])cc1. The summed E-state index contributed by atoms with van der Waals surface area (Å²) in [6.07, 6.45) is 7.55. The van der Waals surface area contributed by atoms with Crippen LogP contribution in [0.1, 0.15) is 47.6 Å². The lowest BCUT2D eigenvalue weighted by molar-refractivity contribution is -0.384. The van der Waals surface area contributed by atoms with Gasteiger partial charge in [0.2, 0.25) is 0 Å². The van der Waals surface area contributed by atoms with E-state index in [4.69, 9.17) is 14.5 Å². The number of hydrogen-bond acceptors (Lipinski definition) is 6. The summed E-state index contributed by atoms with van der Waals surface area (Å²) in [6.45, 7) is 2.63. The number of nitrogens with zero attached hydrogens (tertiary/aromatic N) is 2. The van der Waals surface area contributed by atoms with Crippen LogP contribution in [0.3, 0.4) is 0 Å². The Morgan fingerprint density at radius 1 is 1.05 bits per heavy atom. The van der Waals surface area contributed by atoms with E-state index in [1.165, 1.54) is 28.9 Å². The third-order valence-corrected chi connectivity index (χ3v) is 8.34. The van der Waals surface area contributed by atoms with Gasteiger partial charge in [-0.1, -0.05) is 42.5 Å².